The van der Waals surface area contributed by atoms with E-state index in [0.29, 0.717) is 12.3 Å². The van der Waals surface area contributed by atoms with Crippen LogP contribution in [-0.4, -0.2) is 34.0 Å². The van der Waals surface area contributed by atoms with Gasteiger partial charge in [0.05, 0.1) is 5.75 Å². The van der Waals surface area contributed by atoms with Gasteiger partial charge in [0.1, 0.15) is 6.04 Å². The summed E-state index contributed by atoms with van der Waals surface area (Å²) in [7, 11) is 0. The highest BCUT2D eigenvalue weighted by Gasteiger charge is 2.28. The number of nitrogens with one attached hydrogen (secondary N) is 1. The molecule has 2 aromatic carbocycles. The third kappa shape index (κ3) is 7.39. The molecule has 0 spiro atoms. The quantitative estimate of drug-likeness (QED) is 0.723. The largest absolute Gasteiger partial charge is 0.350 e. The predicted molar refractivity (Wildman–Crippen MR) is 117 cm³/mol. The number of carbonyl (C=O) groups excluding carboxylic acids is 2. The van der Waals surface area contributed by atoms with Crippen molar-refractivity contribution in [3.05, 3.63) is 71.8 Å². The summed E-state index contributed by atoms with van der Waals surface area (Å²) in [6, 6.07) is 19.3. The summed E-state index contributed by atoms with van der Waals surface area (Å²) in [5, 5.41) is 2.98. The van der Waals surface area contributed by atoms with Crippen LogP contribution in [0.1, 0.15) is 38.8 Å². The van der Waals surface area contributed by atoms with Gasteiger partial charge in [0, 0.05) is 17.8 Å². The molecular formula is C23H30N2O2S. The van der Waals surface area contributed by atoms with Crippen LogP contribution >= 0.6 is 11.8 Å². The molecule has 1 atom stereocenters. The molecule has 0 bridgehead atoms. The van der Waals surface area contributed by atoms with Crippen molar-refractivity contribution in [1.82, 2.24) is 10.2 Å². The third-order valence-corrected chi connectivity index (χ3v) is 5.19. The number of amides is 2. The van der Waals surface area contributed by atoms with Gasteiger partial charge >= 0.3 is 0 Å². The van der Waals surface area contributed by atoms with Crippen molar-refractivity contribution < 1.29 is 9.59 Å². The van der Waals surface area contributed by atoms with E-state index in [4.69, 9.17) is 0 Å². The molecule has 0 fully saturated rings. The molecule has 0 aliphatic heterocycles. The summed E-state index contributed by atoms with van der Waals surface area (Å²) in [5.41, 5.74) is 1.86. The fourth-order valence-electron chi connectivity index (χ4n) is 2.75. The van der Waals surface area contributed by atoms with Crippen LogP contribution in [-0.2, 0) is 21.9 Å². The summed E-state index contributed by atoms with van der Waals surface area (Å²) in [6.45, 7) is 8.04. The van der Waals surface area contributed by atoms with Crippen LogP contribution in [0.2, 0.25) is 0 Å². The van der Waals surface area contributed by atoms with Gasteiger partial charge in [0.2, 0.25) is 11.8 Å². The van der Waals surface area contributed by atoms with E-state index < -0.39 is 6.04 Å². The van der Waals surface area contributed by atoms with Gasteiger partial charge < -0.3 is 10.2 Å². The Balaban J connectivity index is 2.05. The first kappa shape index (κ1) is 22.0. The molecule has 150 valence electrons. The lowest BCUT2D eigenvalue weighted by molar-refractivity contribution is -0.139. The highest BCUT2D eigenvalue weighted by molar-refractivity contribution is 7.99. The topological polar surface area (TPSA) is 49.4 Å². The molecule has 2 aromatic rings. The van der Waals surface area contributed by atoms with Crippen LogP contribution in [0, 0.1) is 0 Å². The van der Waals surface area contributed by atoms with Crippen LogP contribution in [0.4, 0.5) is 0 Å². The summed E-state index contributed by atoms with van der Waals surface area (Å²) in [5.74, 6) is 0.953. The monoisotopic (exact) mass is 398 g/mol. The molecule has 0 heterocycles. The Labute approximate surface area is 172 Å². The zero-order valence-electron chi connectivity index (χ0n) is 17.1. The number of hydrogen-bond donors (Lipinski definition) is 1. The lowest BCUT2D eigenvalue weighted by atomic mass is 10.1. The van der Waals surface area contributed by atoms with E-state index in [0.717, 1.165) is 11.3 Å². The molecule has 0 aliphatic carbocycles. The standard InChI is InChI=1S/C23H30N2O2S/c1-18(22(27)24-23(2,3)4)25(15-19-11-7-5-8-12-19)21(26)17-28-16-20-13-9-6-10-14-20/h5-14,18H,15-17H2,1-4H3,(H,24,27)/t18-/m0/s1. The maximum atomic E-state index is 13.0. The zero-order valence-corrected chi connectivity index (χ0v) is 18.0. The van der Waals surface area contributed by atoms with Gasteiger partial charge in [-0.3, -0.25) is 9.59 Å². The molecule has 0 saturated heterocycles. The van der Waals surface area contributed by atoms with Crippen molar-refractivity contribution in [3.8, 4) is 0 Å². The van der Waals surface area contributed by atoms with Gasteiger partial charge in [-0.1, -0.05) is 60.7 Å². The van der Waals surface area contributed by atoms with E-state index in [1.807, 2.05) is 69.3 Å². The van der Waals surface area contributed by atoms with Crippen LogP contribution in [0.25, 0.3) is 0 Å². The number of rotatable bonds is 8. The molecule has 2 rings (SSSR count). The second-order valence-electron chi connectivity index (χ2n) is 7.90. The average molecular weight is 399 g/mol. The molecule has 0 aliphatic rings. The van der Waals surface area contributed by atoms with Gasteiger partial charge in [0.15, 0.2) is 0 Å². The van der Waals surface area contributed by atoms with Crippen LogP contribution in [0.5, 0.6) is 0 Å². The Kier molecular flexibility index (Phi) is 8.12. The van der Waals surface area contributed by atoms with Crippen molar-refractivity contribution in [2.75, 3.05) is 5.75 Å². The van der Waals surface area contributed by atoms with Crippen molar-refractivity contribution in [2.24, 2.45) is 0 Å². The molecule has 0 saturated carbocycles. The van der Waals surface area contributed by atoms with Crippen molar-refractivity contribution in [1.29, 1.82) is 0 Å². The maximum absolute atomic E-state index is 13.0. The summed E-state index contributed by atoms with van der Waals surface area (Å²) < 4.78 is 0. The van der Waals surface area contributed by atoms with Crippen molar-refractivity contribution in [2.45, 2.75) is 51.6 Å². The van der Waals surface area contributed by atoms with Gasteiger partial charge in [-0.15, -0.1) is 11.8 Å². The molecule has 1 N–H and O–H groups in total. The molecule has 0 aromatic heterocycles. The predicted octanol–water partition coefficient (Wildman–Crippen LogP) is 4.25. The van der Waals surface area contributed by atoms with E-state index in [1.165, 1.54) is 5.56 Å². The maximum Gasteiger partial charge on any atom is 0.242 e. The minimum Gasteiger partial charge on any atom is -0.350 e. The fraction of sp³-hybridized carbons (Fsp3) is 0.391. The highest BCUT2D eigenvalue weighted by Crippen LogP contribution is 2.16. The van der Waals surface area contributed by atoms with E-state index in [9.17, 15) is 9.59 Å². The number of benzene rings is 2. The van der Waals surface area contributed by atoms with E-state index in [1.54, 1.807) is 23.6 Å². The van der Waals surface area contributed by atoms with Crippen LogP contribution in [0.3, 0.4) is 0 Å². The molecule has 0 unspecified atom stereocenters. The number of thioether (sulfide) groups is 1. The number of nitrogens with zero attached hydrogens (tertiary/aromatic N) is 1. The first-order valence-corrected chi connectivity index (χ1v) is 10.7. The SMILES string of the molecule is C[C@@H](C(=O)NC(C)(C)C)N(Cc1ccccc1)C(=O)CSCc1ccccc1. The van der Waals surface area contributed by atoms with Gasteiger partial charge in [-0.25, -0.2) is 0 Å². The molecule has 0 radical (unpaired) electrons. The number of carbonyl (C=O) groups is 2. The fourth-order valence-corrected chi connectivity index (χ4v) is 3.62. The van der Waals surface area contributed by atoms with E-state index in [2.05, 4.69) is 17.4 Å². The zero-order chi connectivity index (χ0) is 20.6. The second-order valence-corrected chi connectivity index (χ2v) is 8.89. The van der Waals surface area contributed by atoms with Gasteiger partial charge in [-0.2, -0.15) is 0 Å². The first-order valence-electron chi connectivity index (χ1n) is 9.53. The minimum absolute atomic E-state index is 0.0265. The second kappa shape index (κ2) is 10.3. The Morgan fingerprint density at radius 3 is 2.04 bits per heavy atom. The van der Waals surface area contributed by atoms with Gasteiger partial charge in [0.25, 0.3) is 0 Å². The van der Waals surface area contributed by atoms with E-state index in [-0.39, 0.29) is 17.4 Å². The smallest absolute Gasteiger partial charge is 0.242 e. The highest BCUT2D eigenvalue weighted by atomic mass is 32.2. The Morgan fingerprint density at radius 2 is 1.50 bits per heavy atom. The van der Waals surface area contributed by atoms with Crippen LogP contribution in [0.15, 0.2) is 60.7 Å². The summed E-state index contributed by atoms with van der Waals surface area (Å²) in [4.78, 5) is 27.3. The molecule has 5 heteroatoms. The average Bonchev–Trinajstić information content (AvgIpc) is 2.66. The lowest BCUT2D eigenvalue weighted by Gasteiger charge is -2.31. The first-order chi connectivity index (χ1) is 13.3. The Hall–Kier alpha value is -2.27. The lowest BCUT2D eigenvalue weighted by Crippen LogP contribution is -2.52. The minimum atomic E-state index is -0.538. The van der Waals surface area contributed by atoms with Crippen molar-refractivity contribution in [3.63, 3.8) is 0 Å². The normalized spacial score (nSPS) is 12.3. The molecule has 4 nitrogen and oxygen atoms in total. The van der Waals surface area contributed by atoms with E-state index >= 15 is 0 Å². The molecule has 28 heavy (non-hydrogen) atoms. The molecular weight excluding hydrogens is 368 g/mol. The third-order valence-electron chi connectivity index (χ3n) is 4.20. The summed E-state index contributed by atoms with van der Waals surface area (Å²) in [6.07, 6.45) is 0. The molecule has 2 amide bonds. The van der Waals surface area contributed by atoms with Crippen molar-refractivity contribution >= 4 is 23.6 Å². The van der Waals surface area contributed by atoms with Gasteiger partial charge in [-0.05, 0) is 38.8 Å². The summed E-state index contributed by atoms with van der Waals surface area (Å²) >= 11 is 1.57. The Morgan fingerprint density at radius 1 is 0.964 bits per heavy atom. The number of hydrogen-bond acceptors (Lipinski definition) is 3. The van der Waals surface area contributed by atoms with Crippen LogP contribution < -0.4 is 5.32 Å². The Bertz CT molecular complexity index is 757.